The van der Waals surface area contributed by atoms with Gasteiger partial charge in [0, 0.05) is 24.8 Å². The molecule has 1 aliphatic rings. The minimum absolute atomic E-state index is 0.0951. The van der Waals surface area contributed by atoms with E-state index in [2.05, 4.69) is 15.5 Å². The number of methoxy groups -OCH3 is 2. The van der Waals surface area contributed by atoms with Crippen molar-refractivity contribution in [2.24, 2.45) is 5.10 Å². The van der Waals surface area contributed by atoms with Crippen molar-refractivity contribution in [3.63, 3.8) is 0 Å². The molecule has 1 N–H and O–H groups in total. The van der Waals surface area contributed by atoms with Crippen molar-refractivity contribution in [2.45, 2.75) is 18.5 Å². The minimum atomic E-state index is -0.0951. The number of nitrogens with zero attached hydrogens (tertiary/aromatic N) is 4. The molecule has 0 saturated heterocycles. The highest BCUT2D eigenvalue weighted by atomic mass is 32.2. The Morgan fingerprint density at radius 2 is 1.87 bits per heavy atom. The predicted molar refractivity (Wildman–Crippen MR) is 116 cm³/mol. The number of thioether (sulfide) groups is 1. The number of nitrogens with one attached hydrogen (secondary N) is 1. The summed E-state index contributed by atoms with van der Waals surface area (Å²) in [5, 5.41) is 16.9. The Labute approximate surface area is 178 Å². The average molecular weight is 423 g/mol. The summed E-state index contributed by atoms with van der Waals surface area (Å²) in [5.74, 6) is 2.71. The van der Waals surface area contributed by atoms with Crippen LogP contribution in [-0.4, -0.2) is 46.5 Å². The number of carbonyl (C=O) groups excluding carboxylic acids is 1. The lowest BCUT2D eigenvalue weighted by Crippen LogP contribution is -2.15. The van der Waals surface area contributed by atoms with E-state index in [1.54, 1.807) is 30.7 Å². The fourth-order valence-electron chi connectivity index (χ4n) is 3.14. The lowest BCUT2D eigenvalue weighted by atomic mass is 10.1. The van der Waals surface area contributed by atoms with E-state index in [0.717, 1.165) is 33.5 Å². The molecule has 0 radical (unpaired) electrons. The van der Waals surface area contributed by atoms with E-state index in [4.69, 9.17) is 14.6 Å². The van der Waals surface area contributed by atoms with Crippen molar-refractivity contribution < 1.29 is 14.3 Å². The lowest BCUT2D eigenvalue weighted by molar-refractivity contribution is -0.114. The summed E-state index contributed by atoms with van der Waals surface area (Å²) >= 11 is 1.60. The molecule has 0 unspecified atom stereocenters. The van der Waals surface area contributed by atoms with E-state index in [-0.39, 0.29) is 5.91 Å². The van der Waals surface area contributed by atoms with Gasteiger partial charge in [-0.2, -0.15) is 9.78 Å². The van der Waals surface area contributed by atoms with E-state index in [1.807, 2.05) is 42.5 Å². The monoisotopic (exact) mass is 423 g/mol. The van der Waals surface area contributed by atoms with Crippen LogP contribution in [0.15, 0.2) is 52.7 Å². The van der Waals surface area contributed by atoms with Crippen LogP contribution in [0.25, 0.3) is 0 Å². The molecule has 0 atom stereocenters. The number of amides is 1. The standard InChI is InChI=1S/C21H21N5O3S/c1-13(27)22-16-7-5-15(6-8-16)17-12-30-21-24-23-20(26(21)25-17)11-14-4-9-18(28-2)19(10-14)29-3/h4-10H,11-12H2,1-3H3,(H,22,27). The first kappa shape index (κ1) is 20.0. The quantitative estimate of drug-likeness (QED) is 0.655. The number of rotatable bonds is 6. The van der Waals surface area contributed by atoms with Gasteiger partial charge in [0.05, 0.1) is 19.9 Å². The molecule has 2 heterocycles. The van der Waals surface area contributed by atoms with Gasteiger partial charge in [-0.3, -0.25) is 4.79 Å². The van der Waals surface area contributed by atoms with Gasteiger partial charge in [0.2, 0.25) is 11.1 Å². The van der Waals surface area contributed by atoms with Crippen LogP contribution in [0.3, 0.4) is 0 Å². The summed E-state index contributed by atoms with van der Waals surface area (Å²) < 4.78 is 12.5. The fourth-order valence-corrected chi connectivity index (χ4v) is 4.00. The molecule has 0 saturated carbocycles. The van der Waals surface area contributed by atoms with Crippen molar-refractivity contribution in [3.8, 4) is 11.5 Å². The Kier molecular flexibility index (Phi) is 5.71. The van der Waals surface area contributed by atoms with E-state index in [0.29, 0.717) is 23.7 Å². The molecule has 1 aromatic heterocycles. The third-order valence-corrected chi connectivity index (χ3v) is 5.51. The second-order valence-electron chi connectivity index (χ2n) is 6.67. The van der Waals surface area contributed by atoms with Crippen LogP contribution in [0, 0.1) is 0 Å². The first-order valence-electron chi connectivity index (χ1n) is 9.31. The Balaban J connectivity index is 1.59. The largest absolute Gasteiger partial charge is 0.493 e. The van der Waals surface area contributed by atoms with E-state index in [1.165, 1.54) is 6.92 Å². The van der Waals surface area contributed by atoms with Crippen molar-refractivity contribution >= 4 is 29.1 Å². The summed E-state index contributed by atoms with van der Waals surface area (Å²) in [5.41, 5.74) is 3.70. The number of hydrogen-bond donors (Lipinski definition) is 1. The van der Waals surface area contributed by atoms with Gasteiger partial charge >= 0.3 is 0 Å². The lowest BCUT2D eigenvalue weighted by Gasteiger charge is -2.14. The first-order valence-corrected chi connectivity index (χ1v) is 10.3. The zero-order valence-electron chi connectivity index (χ0n) is 16.9. The molecule has 0 fully saturated rings. The van der Waals surface area contributed by atoms with Crippen LogP contribution in [-0.2, 0) is 11.2 Å². The zero-order chi connectivity index (χ0) is 21.1. The number of aromatic nitrogens is 3. The molecule has 154 valence electrons. The maximum Gasteiger partial charge on any atom is 0.221 e. The van der Waals surface area contributed by atoms with Crippen LogP contribution < -0.4 is 14.8 Å². The van der Waals surface area contributed by atoms with Gasteiger partial charge in [0.15, 0.2) is 17.3 Å². The molecule has 0 aliphatic carbocycles. The molecule has 8 nitrogen and oxygen atoms in total. The van der Waals surface area contributed by atoms with Gasteiger partial charge in [-0.05, 0) is 35.4 Å². The van der Waals surface area contributed by atoms with Gasteiger partial charge in [-0.15, -0.1) is 10.2 Å². The number of fused-ring (bicyclic) bond motifs is 1. The second kappa shape index (κ2) is 8.58. The van der Waals surface area contributed by atoms with E-state index >= 15 is 0 Å². The molecule has 0 bridgehead atoms. The first-order chi connectivity index (χ1) is 14.6. The smallest absolute Gasteiger partial charge is 0.221 e. The van der Waals surface area contributed by atoms with Crippen molar-refractivity contribution in [3.05, 3.63) is 59.4 Å². The summed E-state index contributed by atoms with van der Waals surface area (Å²) in [7, 11) is 3.23. The van der Waals surface area contributed by atoms with E-state index in [9.17, 15) is 4.79 Å². The Hall–Kier alpha value is -3.33. The third kappa shape index (κ3) is 4.16. The van der Waals surface area contributed by atoms with Crippen LogP contribution >= 0.6 is 11.8 Å². The molecule has 4 rings (SSSR count). The highest BCUT2D eigenvalue weighted by Gasteiger charge is 2.20. The molecular weight excluding hydrogens is 402 g/mol. The molecule has 30 heavy (non-hydrogen) atoms. The Morgan fingerprint density at radius 1 is 1.10 bits per heavy atom. The number of ether oxygens (including phenoxy) is 2. The molecule has 1 aliphatic heterocycles. The Bertz CT molecular complexity index is 1110. The highest BCUT2D eigenvalue weighted by molar-refractivity contribution is 7.99. The summed E-state index contributed by atoms with van der Waals surface area (Å²) in [6, 6.07) is 13.4. The molecule has 9 heteroatoms. The summed E-state index contributed by atoms with van der Waals surface area (Å²) in [4.78, 5) is 11.2. The predicted octanol–water partition coefficient (Wildman–Crippen LogP) is 3.20. The molecular formula is C21H21N5O3S. The molecule has 0 spiro atoms. The van der Waals surface area contributed by atoms with Gasteiger partial charge in [-0.1, -0.05) is 30.0 Å². The fraction of sp³-hybridized carbons (Fsp3) is 0.238. The maximum absolute atomic E-state index is 11.2. The summed E-state index contributed by atoms with van der Waals surface area (Å²) in [6.45, 7) is 1.49. The topological polar surface area (TPSA) is 90.6 Å². The van der Waals surface area contributed by atoms with E-state index < -0.39 is 0 Å². The maximum atomic E-state index is 11.2. The Morgan fingerprint density at radius 3 is 2.57 bits per heavy atom. The third-order valence-electron chi connectivity index (χ3n) is 4.58. The van der Waals surface area contributed by atoms with Crippen molar-refractivity contribution in [1.29, 1.82) is 0 Å². The van der Waals surface area contributed by atoms with Gasteiger partial charge in [0.1, 0.15) is 0 Å². The average Bonchev–Trinajstić information content (AvgIpc) is 3.15. The number of hydrogen-bond acceptors (Lipinski definition) is 7. The van der Waals surface area contributed by atoms with Crippen LogP contribution in [0.2, 0.25) is 0 Å². The molecule has 1 amide bonds. The highest BCUT2D eigenvalue weighted by Crippen LogP contribution is 2.30. The minimum Gasteiger partial charge on any atom is -0.493 e. The van der Waals surface area contributed by atoms with Gasteiger partial charge in [-0.25, -0.2) is 0 Å². The number of benzene rings is 2. The molecule has 3 aromatic rings. The van der Waals surface area contributed by atoms with Crippen LogP contribution in [0.5, 0.6) is 11.5 Å². The number of carbonyl (C=O) groups is 1. The van der Waals surface area contributed by atoms with Gasteiger partial charge < -0.3 is 14.8 Å². The van der Waals surface area contributed by atoms with Crippen LogP contribution in [0.4, 0.5) is 5.69 Å². The zero-order valence-corrected chi connectivity index (χ0v) is 17.7. The normalized spacial score (nSPS) is 12.7. The van der Waals surface area contributed by atoms with Crippen molar-refractivity contribution in [1.82, 2.24) is 14.9 Å². The number of anilines is 1. The molecule has 2 aromatic carbocycles. The SMILES string of the molecule is COc1ccc(Cc2nnc3n2N=C(c2ccc(NC(C)=O)cc2)CS3)cc1OC. The van der Waals surface area contributed by atoms with Gasteiger partial charge in [0.25, 0.3) is 0 Å². The van der Waals surface area contributed by atoms with Crippen LogP contribution in [0.1, 0.15) is 23.9 Å². The second-order valence-corrected chi connectivity index (χ2v) is 7.61. The summed E-state index contributed by atoms with van der Waals surface area (Å²) in [6.07, 6.45) is 0.562. The van der Waals surface area contributed by atoms with Crippen molar-refractivity contribution in [2.75, 3.05) is 25.3 Å².